The summed E-state index contributed by atoms with van der Waals surface area (Å²) in [6.07, 6.45) is 1.46. The van der Waals surface area contributed by atoms with E-state index >= 15 is 0 Å². The van der Waals surface area contributed by atoms with Gasteiger partial charge in [-0.05, 0) is 37.3 Å². The van der Waals surface area contributed by atoms with Gasteiger partial charge in [-0.1, -0.05) is 35.6 Å². The van der Waals surface area contributed by atoms with Crippen LogP contribution in [0.4, 0.5) is 0 Å². The quantitative estimate of drug-likeness (QED) is 0.428. The van der Waals surface area contributed by atoms with Crippen molar-refractivity contribution in [1.29, 1.82) is 0 Å². The monoisotopic (exact) mass is 422 g/mol. The molecule has 140 valence electrons. The lowest BCUT2D eigenvalue weighted by atomic mass is 10.1. The number of carboxylic acids is 1. The van der Waals surface area contributed by atoms with Crippen LogP contribution < -0.4 is 4.74 Å². The van der Waals surface area contributed by atoms with Gasteiger partial charge in [0.25, 0.3) is 5.91 Å². The van der Waals surface area contributed by atoms with Crippen LogP contribution in [0.3, 0.4) is 0 Å². The number of thioether (sulfide) groups is 1. The Hall–Kier alpha value is -2.16. The first-order chi connectivity index (χ1) is 12.9. The minimum absolute atomic E-state index is 0.0404. The van der Waals surface area contributed by atoms with Crippen molar-refractivity contribution in [2.45, 2.75) is 13.3 Å². The highest BCUT2D eigenvalue weighted by Crippen LogP contribution is 2.34. The average Bonchev–Trinajstić information content (AvgIpc) is 2.87. The highest BCUT2D eigenvalue weighted by molar-refractivity contribution is 8.26. The van der Waals surface area contributed by atoms with Gasteiger partial charge in [-0.3, -0.25) is 14.5 Å². The Morgan fingerprint density at radius 2 is 2.22 bits per heavy atom. The molecule has 1 fully saturated rings. The number of hydrogen-bond acceptors (Lipinski definition) is 6. The molecule has 0 radical (unpaired) electrons. The summed E-state index contributed by atoms with van der Waals surface area (Å²) in [4.78, 5) is 29.3. The zero-order valence-corrected chi connectivity index (χ0v) is 16.7. The van der Waals surface area contributed by atoms with E-state index in [1.165, 1.54) is 4.90 Å². The Morgan fingerprint density at radius 1 is 1.44 bits per heavy atom. The lowest BCUT2D eigenvalue weighted by Gasteiger charge is -2.12. The molecule has 0 bridgehead atoms. The number of pyridine rings is 1. The summed E-state index contributed by atoms with van der Waals surface area (Å²) in [6.45, 7) is 2.50. The average molecular weight is 423 g/mol. The number of carbonyl (C=O) groups is 2. The molecule has 2 aromatic rings. The van der Waals surface area contributed by atoms with Crippen LogP contribution in [0.2, 0.25) is 5.15 Å². The molecule has 6 nitrogen and oxygen atoms in total. The number of ether oxygens (including phenoxy) is 1. The van der Waals surface area contributed by atoms with Crippen LogP contribution in [-0.4, -0.2) is 44.3 Å². The van der Waals surface area contributed by atoms with E-state index in [4.69, 9.17) is 33.7 Å². The molecule has 3 rings (SSSR count). The molecule has 1 aromatic heterocycles. The molecule has 0 saturated carbocycles. The summed E-state index contributed by atoms with van der Waals surface area (Å²) in [6, 6.07) is 7.33. The summed E-state index contributed by atoms with van der Waals surface area (Å²) >= 11 is 12.6. The number of halogens is 1. The number of aliphatic carboxylic acids is 1. The number of amides is 1. The number of fused-ring (bicyclic) bond motifs is 1. The molecular formula is C18H15ClN2O4S2. The molecule has 0 atom stereocenters. The molecule has 9 heteroatoms. The van der Waals surface area contributed by atoms with Gasteiger partial charge in [0.15, 0.2) is 0 Å². The van der Waals surface area contributed by atoms with Gasteiger partial charge in [0, 0.05) is 17.5 Å². The number of carboxylic acid groups (broad SMARTS) is 1. The first kappa shape index (κ1) is 19.6. The third-order valence-corrected chi connectivity index (χ3v) is 5.47. The Balaban J connectivity index is 1.92. The SMILES string of the molecule is CCOc1ccc2nc(Cl)c(/C=C3\SC(=S)N(CCC(=O)O)C3=O)cc2c1. The molecule has 1 N–H and O–H groups in total. The van der Waals surface area contributed by atoms with Crippen LogP contribution in [0.1, 0.15) is 18.9 Å². The smallest absolute Gasteiger partial charge is 0.305 e. The first-order valence-electron chi connectivity index (χ1n) is 8.09. The van der Waals surface area contributed by atoms with Crippen LogP contribution in [-0.2, 0) is 9.59 Å². The normalized spacial score (nSPS) is 15.8. The van der Waals surface area contributed by atoms with Gasteiger partial charge < -0.3 is 9.84 Å². The van der Waals surface area contributed by atoms with Crippen LogP contribution in [0.15, 0.2) is 29.2 Å². The topological polar surface area (TPSA) is 79.7 Å². The maximum atomic E-state index is 12.5. The highest BCUT2D eigenvalue weighted by Gasteiger charge is 2.32. The van der Waals surface area contributed by atoms with Crippen molar-refractivity contribution in [1.82, 2.24) is 9.88 Å². The number of nitrogens with zero attached hydrogens (tertiary/aromatic N) is 2. The molecule has 1 aromatic carbocycles. The Morgan fingerprint density at radius 3 is 2.93 bits per heavy atom. The van der Waals surface area contributed by atoms with Crippen molar-refractivity contribution >= 4 is 68.8 Å². The molecule has 1 aliphatic heterocycles. The van der Waals surface area contributed by atoms with Crippen molar-refractivity contribution in [2.75, 3.05) is 13.2 Å². The van der Waals surface area contributed by atoms with E-state index in [2.05, 4.69) is 4.98 Å². The minimum Gasteiger partial charge on any atom is -0.494 e. The Kier molecular flexibility index (Phi) is 5.98. The number of benzene rings is 1. The van der Waals surface area contributed by atoms with Gasteiger partial charge >= 0.3 is 5.97 Å². The second-order valence-electron chi connectivity index (χ2n) is 5.63. The molecule has 1 aliphatic rings. The number of carbonyl (C=O) groups excluding carboxylic acids is 1. The predicted molar refractivity (Wildman–Crippen MR) is 110 cm³/mol. The standard InChI is InChI=1S/C18H15ClN2O4S2/c1-2-25-12-3-4-13-10(8-12)7-11(16(19)20-13)9-14-17(24)21(18(26)27-14)6-5-15(22)23/h3-4,7-9H,2,5-6H2,1H3,(H,22,23)/b14-9-. The van der Waals surface area contributed by atoms with E-state index in [1.54, 1.807) is 6.08 Å². The number of rotatable bonds is 6. The van der Waals surface area contributed by atoms with Crippen molar-refractivity contribution in [3.63, 3.8) is 0 Å². The van der Waals surface area contributed by atoms with Gasteiger partial charge in [0.1, 0.15) is 15.2 Å². The number of aromatic nitrogens is 1. The summed E-state index contributed by atoms with van der Waals surface area (Å²) in [7, 11) is 0. The zero-order chi connectivity index (χ0) is 19.6. The summed E-state index contributed by atoms with van der Waals surface area (Å²) < 4.78 is 5.83. The Bertz CT molecular complexity index is 977. The van der Waals surface area contributed by atoms with E-state index in [-0.39, 0.29) is 24.0 Å². The van der Waals surface area contributed by atoms with Gasteiger partial charge in [-0.2, -0.15) is 0 Å². The minimum atomic E-state index is -0.986. The number of thiocarbonyl (C=S) groups is 1. The lowest BCUT2D eigenvalue weighted by Crippen LogP contribution is -2.30. The maximum absolute atomic E-state index is 12.5. The molecule has 1 saturated heterocycles. The fourth-order valence-corrected chi connectivity index (χ4v) is 4.05. The van der Waals surface area contributed by atoms with E-state index in [0.717, 1.165) is 28.4 Å². The summed E-state index contributed by atoms with van der Waals surface area (Å²) in [5.74, 6) is -0.592. The second-order valence-corrected chi connectivity index (χ2v) is 7.67. The first-order valence-corrected chi connectivity index (χ1v) is 9.69. The van der Waals surface area contributed by atoms with Gasteiger partial charge in [-0.25, -0.2) is 4.98 Å². The van der Waals surface area contributed by atoms with Crippen molar-refractivity contribution < 1.29 is 19.4 Å². The van der Waals surface area contributed by atoms with E-state index in [0.29, 0.717) is 21.4 Å². The van der Waals surface area contributed by atoms with Gasteiger partial charge in [0.05, 0.1) is 23.4 Å². The molecule has 1 amide bonds. The van der Waals surface area contributed by atoms with E-state index in [9.17, 15) is 9.59 Å². The molecule has 27 heavy (non-hydrogen) atoms. The van der Waals surface area contributed by atoms with Crippen molar-refractivity contribution in [2.24, 2.45) is 0 Å². The lowest BCUT2D eigenvalue weighted by molar-refractivity contribution is -0.137. The van der Waals surface area contributed by atoms with Crippen LogP contribution in [0.5, 0.6) is 5.75 Å². The van der Waals surface area contributed by atoms with Crippen LogP contribution >= 0.6 is 35.6 Å². The Labute approximate surface area is 170 Å². The van der Waals surface area contributed by atoms with Crippen LogP contribution in [0.25, 0.3) is 17.0 Å². The second kappa shape index (κ2) is 8.24. The van der Waals surface area contributed by atoms with E-state index in [1.807, 2.05) is 31.2 Å². The zero-order valence-electron chi connectivity index (χ0n) is 14.3. The predicted octanol–water partition coefficient (Wildman–Crippen LogP) is 3.96. The third-order valence-electron chi connectivity index (χ3n) is 3.79. The largest absolute Gasteiger partial charge is 0.494 e. The van der Waals surface area contributed by atoms with Crippen molar-refractivity contribution in [3.05, 3.63) is 39.9 Å². The fourth-order valence-electron chi connectivity index (χ4n) is 2.55. The summed E-state index contributed by atoms with van der Waals surface area (Å²) in [5.41, 5.74) is 1.30. The molecule has 0 unspecified atom stereocenters. The molecule has 0 aliphatic carbocycles. The molecule has 0 spiro atoms. The van der Waals surface area contributed by atoms with E-state index < -0.39 is 5.97 Å². The number of hydrogen-bond donors (Lipinski definition) is 1. The van der Waals surface area contributed by atoms with Crippen molar-refractivity contribution in [3.8, 4) is 5.75 Å². The highest BCUT2D eigenvalue weighted by atomic mass is 35.5. The molecular weight excluding hydrogens is 408 g/mol. The van der Waals surface area contributed by atoms with Gasteiger partial charge in [-0.15, -0.1) is 0 Å². The fraction of sp³-hybridized carbons (Fsp3) is 0.222. The maximum Gasteiger partial charge on any atom is 0.305 e. The third kappa shape index (κ3) is 4.40. The summed E-state index contributed by atoms with van der Waals surface area (Å²) in [5, 5.41) is 9.90. The molecule has 2 heterocycles. The van der Waals surface area contributed by atoms with Crippen LogP contribution in [0, 0.1) is 0 Å². The van der Waals surface area contributed by atoms with Gasteiger partial charge in [0.2, 0.25) is 0 Å².